The third kappa shape index (κ3) is 2.86. The number of hydrogen-bond donors (Lipinski definition) is 1. The van der Waals surface area contributed by atoms with Gasteiger partial charge in [0.15, 0.2) is 0 Å². The molecule has 0 fully saturated rings. The molecule has 16 heavy (non-hydrogen) atoms. The standard InChI is InChI=1S/C13H23NO2/c1-8(2)15-7-12(14-6)13-9(3)10(4)16-11(13)5/h8,12,14H,7H2,1-6H3. The topological polar surface area (TPSA) is 34.4 Å². The van der Waals surface area contributed by atoms with Crippen LogP contribution in [0.15, 0.2) is 4.42 Å². The van der Waals surface area contributed by atoms with Crippen LogP contribution in [0.25, 0.3) is 0 Å². The number of hydrogen-bond acceptors (Lipinski definition) is 3. The quantitative estimate of drug-likeness (QED) is 0.836. The van der Waals surface area contributed by atoms with Crippen molar-refractivity contribution in [1.82, 2.24) is 5.32 Å². The molecule has 1 unspecified atom stereocenters. The summed E-state index contributed by atoms with van der Waals surface area (Å²) in [6.45, 7) is 10.9. The molecule has 0 saturated heterocycles. The van der Waals surface area contributed by atoms with Gasteiger partial charge in [0.05, 0.1) is 18.8 Å². The first-order chi connectivity index (χ1) is 7.47. The lowest BCUT2D eigenvalue weighted by atomic mass is 10.0. The minimum atomic E-state index is 0.208. The number of nitrogens with one attached hydrogen (secondary N) is 1. The number of ether oxygens (including phenoxy) is 1. The molecule has 0 spiro atoms. The van der Waals surface area contributed by atoms with E-state index in [9.17, 15) is 0 Å². The summed E-state index contributed by atoms with van der Waals surface area (Å²) in [7, 11) is 1.95. The molecule has 0 aliphatic rings. The molecule has 0 amide bonds. The minimum absolute atomic E-state index is 0.208. The van der Waals surface area contributed by atoms with Crippen LogP contribution in [-0.2, 0) is 4.74 Å². The van der Waals surface area contributed by atoms with Gasteiger partial charge in [0.25, 0.3) is 0 Å². The summed E-state index contributed by atoms with van der Waals surface area (Å²) in [6, 6.07) is 0.208. The number of aryl methyl sites for hydroxylation is 2. The molecule has 3 heteroatoms. The van der Waals surface area contributed by atoms with E-state index in [1.165, 1.54) is 11.1 Å². The summed E-state index contributed by atoms with van der Waals surface area (Å²) in [6.07, 6.45) is 0.254. The molecule has 1 aromatic rings. The molecule has 1 atom stereocenters. The first kappa shape index (κ1) is 13.3. The second-order valence-corrected chi connectivity index (χ2v) is 4.48. The van der Waals surface area contributed by atoms with E-state index in [1.807, 2.05) is 34.7 Å². The minimum Gasteiger partial charge on any atom is -0.466 e. The van der Waals surface area contributed by atoms with Crippen LogP contribution >= 0.6 is 0 Å². The van der Waals surface area contributed by atoms with Gasteiger partial charge in [-0.25, -0.2) is 0 Å². The monoisotopic (exact) mass is 225 g/mol. The highest BCUT2D eigenvalue weighted by atomic mass is 16.5. The first-order valence-electron chi connectivity index (χ1n) is 5.82. The van der Waals surface area contributed by atoms with Crippen molar-refractivity contribution in [3.63, 3.8) is 0 Å². The van der Waals surface area contributed by atoms with Crippen LogP contribution in [0.2, 0.25) is 0 Å². The lowest BCUT2D eigenvalue weighted by molar-refractivity contribution is 0.0622. The second kappa shape index (κ2) is 5.51. The van der Waals surface area contributed by atoms with Crippen LogP contribution in [0, 0.1) is 20.8 Å². The maximum Gasteiger partial charge on any atom is 0.106 e. The van der Waals surface area contributed by atoms with Crippen LogP contribution in [-0.4, -0.2) is 19.8 Å². The van der Waals surface area contributed by atoms with Gasteiger partial charge in [0.1, 0.15) is 11.5 Å². The molecule has 0 saturated carbocycles. The Morgan fingerprint density at radius 3 is 2.19 bits per heavy atom. The van der Waals surface area contributed by atoms with Crippen molar-refractivity contribution in [3.05, 3.63) is 22.6 Å². The fourth-order valence-electron chi connectivity index (χ4n) is 1.92. The Labute approximate surface area is 98.2 Å². The van der Waals surface area contributed by atoms with Gasteiger partial charge in [0, 0.05) is 5.56 Å². The van der Waals surface area contributed by atoms with E-state index in [4.69, 9.17) is 9.15 Å². The normalized spacial score (nSPS) is 13.4. The highest BCUT2D eigenvalue weighted by Crippen LogP contribution is 2.27. The Morgan fingerprint density at radius 2 is 1.81 bits per heavy atom. The number of likely N-dealkylation sites (N-methyl/N-ethyl adjacent to an activating group) is 1. The van der Waals surface area contributed by atoms with Crippen molar-refractivity contribution in [1.29, 1.82) is 0 Å². The molecule has 0 radical (unpaired) electrons. The Bertz CT molecular complexity index is 342. The maximum absolute atomic E-state index is 5.66. The van der Waals surface area contributed by atoms with E-state index in [1.54, 1.807) is 0 Å². The summed E-state index contributed by atoms with van der Waals surface area (Å²) in [5.74, 6) is 1.99. The predicted octanol–water partition coefficient (Wildman–Crippen LogP) is 2.89. The molecule has 1 aromatic heterocycles. The molecule has 0 aliphatic carbocycles. The van der Waals surface area contributed by atoms with Crippen molar-refractivity contribution < 1.29 is 9.15 Å². The van der Waals surface area contributed by atoms with E-state index in [-0.39, 0.29) is 12.1 Å². The van der Waals surface area contributed by atoms with E-state index >= 15 is 0 Å². The van der Waals surface area contributed by atoms with Crippen molar-refractivity contribution in [2.75, 3.05) is 13.7 Å². The van der Waals surface area contributed by atoms with Crippen LogP contribution in [0.1, 0.15) is 42.5 Å². The Morgan fingerprint density at radius 1 is 1.19 bits per heavy atom. The summed E-state index contributed by atoms with van der Waals surface area (Å²) in [5, 5.41) is 3.28. The summed E-state index contributed by atoms with van der Waals surface area (Å²) in [5.41, 5.74) is 2.46. The highest BCUT2D eigenvalue weighted by molar-refractivity contribution is 5.34. The van der Waals surface area contributed by atoms with E-state index in [0.29, 0.717) is 6.61 Å². The third-order valence-corrected chi connectivity index (χ3v) is 2.91. The molecule has 0 aliphatic heterocycles. The first-order valence-corrected chi connectivity index (χ1v) is 5.82. The lowest BCUT2D eigenvalue weighted by Crippen LogP contribution is -2.24. The van der Waals surface area contributed by atoms with Crippen LogP contribution in [0.4, 0.5) is 0 Å². The van der Waals surface area contributed by atoms with E-state index in [0.717, 1.165) is 11.5 Å². The maximum atomic E-state index is 5.66. The van der Waals surface area contributed by atoms with Crippen molar-refractivity contribution in [3.8, 4) is 0 Å². The fraction of sp³-hybridized carbons (Fsp3) is 0.692. The average molecular weight is 225 g/mol. The molecule has 92 valence electrons. The van der Waals surface area contributed by atoms with Gasteiger partial charge in [-0.3, -0.25) is 0 Å². The summed E-state index contributed by atoms with van der Waals surface area (Å²) < 4.78 is 11.3. The Kier molecular flexibility index (Phi) is 4.56. The Balaban J connectivity index is 2.86. The molecule has 1 rings (SSSR count). The fourth-order valence-corrected chi connectivity index (χ4v) is 1.92. The van der Waals surface area contributed by atoms with Gasteiger partial charge >= 0.3 is 0 Å². The highest BCUT2D eigenvalue weighted by Gasteiger charge is 2.20. The number of rotatable bonds is 5. The molecule has 1 N–H and O–H groups in total. The smallest absolute Gasteiger partial charge is 0.106 e. The molecule has 0 bridgehead atoms. The van der Waals surface area contributed by atoms with Gasteiger partial charge in [0.2, 0.25) is 0 Å². The molecular weight excluding hydrogens is 202 g/mol. The second-order valence-electron chi connectivity index (χ2n) is 4.48. The Hall–Kier alpha value is -0.800. The average Bonchev–Trinajstić information content (AvgIpc) is 2.45. The summed E-state index contributed by atoms with van der Waals surface area (Å²) in [4.78, 5) is 0. The van der Waals surface area contributed by atoms with Crippen LogP contribution < -0.4 is 5.32 Å². The van der Waals surface area contributed by atoms with Gasteiger partial charge in [-0.1, -0.05) is 0 Å². The molecule has 0 aromatic carbocycles. The lowest BCUT2D eigenvalue weighted by Gasteiger charge is -2.18. The van der Waals surface area contributed by atoms with Crippen LogP contribution in [0.3, 0.4) is 0 Å². The van der Waals surface area contributed by atoms with Gasteiger partial charge in [-0.15, -0.1) is 0 Å². The summed E-state index contributed by atoms with van der Waals surface area (Å²) >= 11 is 0. The number of furan rings is 1. The van der Waals surface area contributed by atoms with Gasteiger partial charge in [-0.05, 0) is 47.2 Å². The van der Waals surface area contributed by atoms with Gasteiger partial charge < -0.3 is 14.5 Å². The van der Waals surface area contributed by atoms with Crippen LogP contribution in [0.5, 0.6) is 0 Å². The molecule has 3 nitrogen and oxygen atoms in total. The largest absolute Gasteiger partial charge is 0.466 e. The van der Waals surface area contributed by atoms with E-state index in [2.05, 4.69) is 12.2 Å². The zero-order valence-corrected chi connectivity index (χ0v) is 11.2. The zero-order chi connectivity index (χ0) is 12.3. The molecule has 1 heterocycles. The van der Waals surface area contributed by atoms with Crippen molar-refractivity contribution >= 4 is 0 Å². The molecular formula is C13H23NO2. The third-order valence-electron chi connectivity index (χ3n) is 2.91. The van der Waals surface area contributed by atoms with Crippen molar-refractivity contribution in [2.45, 2.75) is 46.8 Å². The van der Waals surface area contributed by atoms with Crippen molar-refractivity contribution in [2.24, 2.45) is 0 Å². The van der Waals surface area contributed by atoms with Gasteiger partial charge in [-0.2, -0.15) is 0 Å². The zero-order valence-electron chi connectivity index (χ0n) is 11.2. The predicted molar refractivity (Wildman–Crippen MR) is 65.8 cm³/mol. The SMILES string of the molecule is CNC(COC(C)C)c1c(C)oc(C)c1C. The van der Waals surface area contributed by atoms with E-state index < -0.39 is 0 Å².